The summed E-state index contributed by atoms with van der Waals surface area (Å²) in [6.07, 6.45) is 0. The summed E-state index contributed by atoms with van der Waals surface area (Å²) in [4.78, 5) is 0. The third kappa shape index (κ3) is 3.59. The SMILES string of the molecule is COc1ccc([C@H](C)NCc2cccc(C#N)c2F)cc1. The minimum Gasteiger partial charge on any atom is -0.497 e. The van der Waals surface area contributed by atoms with Crippen LogP contribution in [0.5, 0.6) is 5.75 Å². The van der Waals surface area contributed by atoms with Crippen molar-refractivity contribution in [1.29, 1.82) is 5.26 Å². The molecule has 21 heavy (non-hydrogen) atoms. The van der Waals surface area contributed by atoms with Crippen molar-refractivity contribution in [2.45, 2.75) is 19.5 Å². The maximum atomic E-state index is 13.9. The Morgan fingerprint density at radius 3 is 2.57 bits per heavy atom. The van der Waals surface area contributed by atoms with Crippen molar-refractivity contribution in [2.75, 3.05) is 7.11 Å². The van der Waals surface area contributed by atoms with Gasteiger partial charge >= 0.3 is 0 Å². The zero-order chi connectivity index (χ0) is 15.2. The zero-order valence-corrected chi connectivity index (χ0v) is 12.1. The van der Waals surface area contributed by atoms with Crippen LogP contribution in [0.4, 0.5) is 4.39 Å². The van der Waals surface area contributed by atoms with Crippen LogP contribution in [0.2, 0.25) is 0 Å². The van der Waals surface area contributed by atoms with E-state index < -0.39 is 5.82 Å². The van der Waals surface area contributed by atoms with Gasteiger partial charge in [0.2, 0.25) is 0 Å². The first-order chi connectivity index (χ1) is 10.2. The predicted octanol–water partition coefficient (Wildman–Crippen LogP) is 3.56. The van der Waals surface area contributed by atoms with Gasteiger partial charge in [-0.1, -0.05) is 24.3 Å². The highest BCUT2D eigenvalue weighted by Gasteiger charge is 2.10. The summed E-state index contributed by atoms with van der Waals surface area (Å²) in [5, 5.41) is 12.1. The number of methoxy groups -OCH3 is 1. The standard InChI is InChI=1S/C17H17FN2O/c1-12(13-6-8-16(21-2)9-7-13)20-11-15-5-3-4-14(10-19)17(15)18/h3-9,12,20H,11H2,1-2H3/t12-/m0/s1. The highest BCUT2D eigenvalue weighted by molar-refractivity contribution is 5.35. The van der Waals surface area contributed by atoms with Gasteiger partial charge in [-0.25, -0.2) is 4.39 Å². The minimum atomic E-state index is -0.450. The maximum absolute atomic E-state index is 13.9. The molecule has 2 rings (SSSR count). The number of nitrogens with zero attached hydrogens (tertiary/aromatic N) is 1. The predicted molar refractivity (Wildman–Crippen MR) is 79.4 cm³/mol. The monoisotopic (exact) mass is 284 g/mol. The van der Waals surface area contributed by atoms with Crippen molar-refractivity contribution in [3.05, 3.63) is 65.0 Å². The summed E-state index contributed by atoms with van der Waals surface area (Å²) in [5.74, 6) is 0.355. The molecule has 1 N–H and O–H groups in total. The Morgan fingerprint density at radius 2 is 1.95 bits per heavy atom. The number of halogens is 1. The lowest BCUT2D eigenvalue weighted by Crippen LogP contribution is -2.19. The van der Waals surface area contributed by atoms with Crippen molar-refractivity contribution in [3.8, 4) is 11.8 Å². The van der Waals surface area contributed by atoms with Gasteiger partial charge in [-0.15, -0.1) is 0 Å². The molecule has 2 aromatic rings. The fourth-order valence-electron chi connectivity index (χ4n) is 2.08. The van der Waals surface area contributed by atoms with Crippen molar-refractivity contribution in [2.24, 2.45) is 0 Å². The number of benzene rings is 2. The second kappa shape index (κ2) is 6.87. The molecule has 0 aromatic heterocycles. The van der Waals surface area contributed by atoms with Crippen molar-refractivity contribution in [1.82, 2.24) is 5.32 Å². The summed E-state index contributed by atoms with van der Waals surface area (Å²) in [7, 11) is 1.63. The van der Waals surface area contributed by atoms with Gasteiger partial charge in [0.25, 0.3) is 0 Å². The topological polar surface area (TPSA) is 45.0 Å². The smallest absolute Gasteiger partial charge is 0.145 e. The zero-order valence-electron chi connectivity index (χ0n) is 12.1. The third-order valence-electron chi connectivity index (χ3n) is 3.41. The Balaban J connectivity index is 2.04. The molecule has 0 aliphatic rings. The average molecular weight is 284 g/mol. The maximum Gasteiger partial charge on any atom is 0.145 e. The van der Waals surface area contributed by atoms with Crippen LogP contribution in [0.15, 0.2) is 42.5 Å². The molecule has 0 amide bonds. The fourth-order valence-corrected chi connectivity index (χ4v) is 2.08. The van der Waals surface area contributed by atoms with E-state index in [1.807, 2.05) is 37.3 Å². The molecule has 0 heterocycles. The van der Waals surface area contributed by atoms with E-state index in [1.54, 1.807) is 19.2 Å². The van der Waals surface area contributed by atoms with Crippen LogP contribution in [0.3, 0.4) is 0 Å². The Bertz CT molecular complexity index is 647. The van der Waals surface area contributed by atoms with E-state index in [1.165, 1.54) is 6.07 Å². The second-order valence-electron chi connectivity index (χ2n) is 4.77. The van der Waals surface area contributed by atoms with Crippen molar-refractivity contribution < 1.29 is 9.13 Å². The van der Waals surface area contributed by atoms with Crippen LogP contribution in [-0.4, -0.2) is 7.11 Å². The summed E-state index contributed by atoms with van der Waals surface area (Å²) in [6.45, 7) is 2.38. The van der Waals surface area contributed by atoms with E-state index >= 15 is 0 Å². The molecule has 2 aromatic carbocycles. The molecule has 0 saturated carbocycles. The molecule has 0 unspecified atom stereocenters. The quantitative estimate of drug-likeness (QED) is 0.913. The van der Waals surface area contributed by atoms with Gasteiger partial charge in [-0.3, -0.25) is 0 Å². The van der Waals surface area contributed by atoms with E-state index in [9.17, 15) is 4.39 Å². The highest BCUT2D eigenvalue weighted by atomic mass is 19.1. The molecule has 4 heteroatoms. The molecule has 0 bridgehead atoms. The average Bonchev–Trinajstić information content (AvgIpc) is 2.53. The molecule has 1 atom stereocenters. The lowest BCUT2D eigenvalue weighted by Gasteiger charge is -2.15. The molecule has 0 aliphatic carbocycles. The third-order valence-corrected chi connectivity index (χ3v) is 3.41. The van der Waals surface area contributed by atoms with Crippen LogP contribution < -0.4 is 10.1 Å². The van der Waals surface area contributed by atoms with Crippen LogP contribution in [-0.2, 0) is 6.54 Å². The molecule has 0 aliphatic heterocycles. The Kier molecular flexibility index (Phi) is 4.91. The largest absolute Gasteiger partial charge is 0.497 e. The van der Waals surface area contributed by atoms with Crippen molar-refractivity contribution >= 4 is 0 Å². The fraction of sp³-hybridized carbons (Fsp3) is 0.235. The number of hydrogen-bond donors (Lipinski definition) is 1. The number of rotatable bonds is 5. The van der Waals surface area contributed by atoms with E-state index in [-0.39, 0.29) is 11.6 Å². The van der Waals surface area contributed by atoms with Crippen LogP contribution in [0, 0.1) is 17.1 Å². The Hall–Kier alpha value is -2.38. The van der Waals surface area contributed by atoms with Crippen molar-refractivity contribution in [3.63, 3.8) is 0 Å². The first kappa shape index (κ1) is 15.0. The number of ether oxygens (including phenoxy) is 1. The van der Waals surface area contributed by atoms with Gasteiger partial charge in [-0.05, 0) is 30.7 Å². The van der Waals surface area contributed by atoms with E-state index in [0.29, 0.717) is 12.1 Å². The van der Waals surface area contributed by atoms with Crippen LogP contribution in [0.1, 0.15) is 29.7 Å². The first-order valence-electron chi connectivity index (χ1n) is 6.70. The van der Waals surface area contributed by atoms with E-state index in [2.05, 4.69) is 5.32 Å². The van der Waals surface area contributed by atoms with Crippen LogP contribution >= 0.6 is 0 Å². The lowest BCUT2D eigenvalue weighted by molar-refractivity contribution is 0.414. The number of hydrogen-bond acceptors (Lipinski definition) is 3. The van der Waals surface area contributed by atoms with Gasteiger partial charge < -0.3 is 10.1 Å². The van der Waals surface area contributed by atoms with Gasteiger partial charge in [0.1, 0.15) is 17.6 Å². The molecular formula is C17H17FN2O. The first-order valence-corrected chi connectivity index (χ1v) is 6.70. The number of nitrogens with one attached hydrogen (secondary N) is 1. The second-order valence-corrected chi connectivity index (χ2v) is 4.77. The summed E-state index contributed by atoms with van der Waals surface area (Å²) in [5.41, 5.74) is 1.66. The van der Waals surface area contributed by atoms with Gasteiger partial charge in [0.15, 0.2) is 0 Å². The number of nitriles is 1. The van der Waals surface area contributed by atoms with E-state index in [4.69, 9.17) is 10.00 Å². The summed E-state index contributed by atoms with van der Waals surface area (Å²) in [6, 6.07) is 14.5. The molecule has 0 spiro atoms. The van der Waals surface area contributed by atoms with Crippen LogP contribution in [0.25, 0.3) is 0 Å². The normalized spacial score (nSPS) is 11.7. The lowest BCUT2D eigenvalue weighted by atomic mass is 10.1. The minimum absolute atomic E-state index is 0.0704. The van der Waals surface area contributed by atoms with Gasteiger partial charge in [-0.2, -0.15) is 5.26 Å². The Labute approximate surface area is 124 Å². The summed E-state index contributed by atoms with van der Waals surface area (Å²) < 4.78 is 19.1. The molecule has 0 saturated heterocycles. The van der Waals surface area contributed by atoms with E-state index in [0.717, 1.165) is 11.3 Å². The molecule has 108 valence electrons. The molecule has 0 fully saturated rings. The molecular weight excluding hydrogens is 267 g/mol. The Morgan fingerprint density at radius 1 is 1.24 bits per heavy atom. The molecule has 3 nitrogen and oxygen atoms in total. The highest BCUT2D eigenvalue weighted by Crippen LogP contribution is 2.18. The van der Waals surface area contributed by atoms with Gasteiger partial charge in [0.05, 0.1) is 12.7 Å². The van der Waals surface area contributed by atoms with Gasteiger partial charge in [0, 0.05) is 18.2 Å². The molecule has 0 radical (unpaired) electrons. The summed E-state index contributed by atoms with van der Waals surface area (Å²) >= 11 is 0.